The maximum absolute atomic E-state index is 11.4. The van der Waals surface area contributed by atoms with Gasteiger partial charge in [-0.05, 0) is 18.2 Å². The summed E-state index contributed by atoms with van der Waals surface area (Å²) < 4.78 is 31.3. The summed E-state index contributed by atoms with van der Waals surface area (Å²) in [5, 5.41) is 0. The number of hydrogen-bond acceptors (Lipinski definition) is 4. The van der Waals surface area contributed by atoms with Gasteiger partial charge in [-0.3, -0.25) is 0 Å². The predicted molar refractivity (Wildman–Crippen MR) is 61.5 cm³/mol. The van der Waals surface area contributed by atoms with E-state index in [2.05, 4.69) is 15.9 Å². The Bertz CT molecular complexity index is 403. The predicted octanol–water partition coefficient (Wildman–Crippen LogP) is 1.76. The molecule has 7 heteroatoms. The van der Waals surface area contributed by atoms with Gasteiger partial charge >= 0.3 is 0 Å². The molecule has 0 fully saturated rings. The van der Waals surface area contributed by atoms with Crippen molar-refractivity contribution in [3.05, 3.63) is 24.0 Å². The maximum atomic E-state index is 11.4. The van der Waals surface area contributed by atoms with Crippen LogP contribution >= 0.6 is 26.6 Å². The SMILES string of the molecule is COC1=CC(OC)C(Br)(S(=O)(=O)Cl)C=C1. The van der Waals surface area contributed by atoms with Gasteiger partial charge in [-0.25, -0.2) is 8.42 Å². The molecular weight excluding hydrogens is 308 g/mol. The van der Waals surface area contributed by atoms with E-state index in [9.17, 15) is 8.42 Å². The molecule has 0 bridgehead atoms. The second-order valence-electron chi connectivity index (χ2n) is 2.90. The zero-order chi connectivity index (χ0) is 11.7. The van der Waals surface area contributed by atoms with E-state index in [1.807, 2.05) is 0 Å². The standard InChI is InChI=1S/C8H10BrClO4S/c1-13-6-3-4-8(9,15(10,11)12)7(5-6)14-2/h3-5,7H,1-2H3. The number of methoxy groups -OCH3 is 2. The van der Waals surface area contributed by atoms with E-state index in [0.29, 0.717) is 5.76 Å². The van der Waals surface area contributed by atoms with Crippen molar-refractivity contribution < 1.29 is 17.9 Å². The quantitative estimate of drug-likeness (QED) is 0.588. The van der Waals surface area contributed by atoms with E-state index >= 15 is 0 Å². The summed E-state index contributed by atoms with van der Waals surface area (Å²) in [6.07, 6.45) is 3.71. The van der Waals surface area contributed by atoms with Crippen LogP contribution in [0.1, 0.15) is 0 Å². The molecule has 0 spiro atoms. The summed E-state index contributed by atoms with van der Waals surface area (Å²) in [5.74, 6) is 0.525. The first-order valence-electron chi connectivity index (χ1n) is 3.96. The van der Waals surface area contributed by atoms with Gasteiger partial charge in [0.1, 0.15) is 11.9 Å². The smallest absolute Gasteiger partial charge is 0.254 e. The average Bonchev–Trinajstić information content (AvgIpc) is 2.17. The van der Waals surface area contributed by atoms with Crippen molar-refractivity contribution in [3.63, 3.8) is 0 Å². The van der Waals surface area contributed by atoms with Crippen LogP contribution in [0.25, 0.3) is 0 Å². The molecule has 0 heterocycles. The third-order valence-electron chi connectivity index (χ3n) is 2.04. The first-order chi connectivity index (χ1) is 6.85. The first-order valence-corrected chi connectivity index (χ1v) is 7.06. The fraction of sp³-hybridized carbons (Fsp3) is 0.500. The van der Waals surface area contributed by atoms with E-state index in [0.717, 1.165) is 0 Å². The van der Waals surface area contributed by atoms with Crippen LogP contribution < -0.4 is 0 Å². The molecular formula is C8H10BrClO4S. The van der Waals surface area contributed by atoms with Gasteiger partial charge in [0.15, 0.2) is 3.66 Å². The Kier molecular flexibility index (Phi) is 3.86. The van der Waals surface area contributed by atoms with Crippen LogP contribution in [-0.2, 0) is 18.5 Å². The summed E-state index contributed by atoms with van der Waals surface area (Å²) in [4.78, 5) is 0. The lowest BCUT2D eigenvalue weighted by Crippen LogP contribution is -2.41. The Morgan fingerprint density at radius 1 is 1.53 bits per heavy atom. The molecule has 0 aromatic rings. The van der Waals surface area contributed by atoms with Crippen LogP contribution in [0.2, 0.25) is 0 Å². The van der Waals surface area contributed by atoms with Gasteiger partial charge in [0, 0.05) is 17.8 Å². The number of halogens is 2. The van der Waals surface area contributed by atoms with E-state index in [-0.39, 0.29) is 0 Å². The summed E-state index contributed by atoms with van der Waals surface area (Å²) in [6.45, 7) is 0. The molecule has 1 rings (SSSR count). The molecule has 1 aliphatic rings. The van der Waals surface area contributed by atoms with Gasteiger partial charge in [0.25, 0.3) is 9.05 Å². The van der Waals surface area contributed by atoms with Crippen LogP contribution in [0.15, 0.2) is 24.0 Å². The Labute approximate surface area is 101 Å². The minimum atomic E-state index is -3.84. The lowest BCUT2D eigenvalue weighted by Gasteiger charge is -2.29. The average molecular weight is 318 g/mol. The van der Waals surface area contributed by atoms with E-state index < -0.39 is 18.8 Å². The lowest BCUT2D eigenvalue weighted by molar-refractivity contribution is 0.133. The van der Waals surface area contributed by atoms with Crippen LogP contribution in [0.3, 0.4) is 0 Å². The third kappa shape index (κ3) is 2.38. The van der Waals surface area contributed by atoms with Gasteiger partial charge in [-0.2, -0.15) is 0 Å². The molecule has 0 aromatic heterocycles. The van der Waals surface area contributed by atoms with Crippen molar-refractivity contribution in [1.29, 1.82) is 0 Å². The molecule has 86 valence electrons. The molecule has 0 aromatic carbocycles. The van der Waals surface area contributed by atoms with Crippen molar-refractivity contribution >= 4 is 35.7 Å². The molecule has 1 aliphatic carbocycles. The zero-order valence-corrected chi connectivity index (χ0v) is 11.3. The summed E-state index contributed by atoms with van der Waals surface area (Å²) in [6, 6.07) is 0. The zero-order valence-electron chi connectivity index (χ0n) is 8.11. The maximum Gasteiger partial charge on any atom is 0.254 e. The Morgan fingerprint density at radius 3 is 2.53 bits per heavy atom. The second kappa shape index (κ2) is 4.45. The highest BCUT2D eigenvalue weighted by Crippen LogP contribution is 2.39. The number of alkyl halides is 1. The highest BCUT2D eigenvalue weighted by Gasteiger charge is 2.46. The topological polar surface area (TPSA) is 52.6 Å². The van der Waals surface area contributed by atoms with Gasteiger partial charge in [-0.1, -0.05) is 15.9 Å². The van der Waals surface area contributed by atoms with Crippen LogP contribution in [-0.4, -0.2) is 32.4 Å². The van der Waals surface area contributed by atoms with Crippen molar-refractivity contribution in [1.82, 2.24) is 0 Å². The molecule has 0 radical (unpaired) electrons. The van der Waals surface area contributed by atoms with E-state index in [1.165, 1.54) is 32.4 Å². The molecule has 15 heavy (non-hydrogen) atoms. The van der Waals surface area contributed by atoms with Crippen molar-refractivity contribution in [2.24, 2.45) is 0 Å². The molecule has 0 aliphatic heterocycles. The minimum absolute atomic E-state index is 0.525. The molecule has 0 amide bonds. The molecule has 0 N–H and O–H groups in total. The van der Waals surface area contributed by atoms with Gasteiger partial charge in [-0.15, -0.1) is 0 Å². The van der Waals surface area contributed by atoms with Crippen LogP contribution in [0.5, 0.6) is 0 Å². The highest BCUT2D eigenvalue weighted by atomic mass is 79.9. The highest BCUT2D eigenvalue weighted by molar-refractivity contribution is 9.12. The summed E-state index contributed by atoms with van der Waals surface area (Å²) in [7, 11) is 4.38. The summed E-state index contributed by atoms with van der Waals surface area (Å²) in [5.41, 5.74) is 0. The molecule has 2 atom stereocenters. The summed E-state index contributed by atoms with van der Waals surface area (Å²) >= 11 is 3.07. The Morgan fingerprint density at radius 2 is 2.13 bits per heavy atom. The minimum Gasteiger partial charge on any atom is -0.497 e. The molecule has 4 nitrogen and oxygen atoms in total. The lowest BCUT2D eigenvalue weighted by atomic mass is 10.1. The van der Waals surface area contributed by atoms with Crippen LogP contribution in [0, 0.1) is 0 Å². The van der Waals surface area contributed by atoms with Gasteiger partial charge in [0.2, 0.25) is 0 Å². The van der Waals surface area contributed by atoms with Gasteiger partial charge < -0.3 is 9.47 Å². The number of rotatable bonds is 3. The van der Waals surface area contributed by atoms with Crippen molar-refractivity contribution in [2.45, 2.75) is 9.76 Å². The molecule has 2 unspecified atom stereocenters. The van der Waals surface area contributed by atoms with E-state index in [1.54, 1.807) is 0 Å². The Balaban J connectivity index is 3.16. The fourth-order valence-electron chi connectivity index (χ4n) is 1.19. The molecule has 0 saturated carbocycles. The second-order valence-corrected chi connectivity index (χ2v) is 7.51. The monoisotopic (exact) mass is 316 g/mol. The number of hydrogen-bond donors (Lipinski definition) is 0. The van der Waals surface area contributed by atoms with Crippen molar-refractivity contribution in [3.8, 4) is 0 Å². The van der Waals surface area contributed by atoms with Gasteiger partial charge in [0.05, 0.1) is 7.11 Å². The van der Waals surface area contributed by atoms with Crippen LogP contribution in [0.4, 0.5) is 0 Å². The van der Waals surface area contributed by atoms with E-state index in [4.69, 9.17) is 20.2 Å². The number of ether oxygens (including phenoxy) is 2. The molecule has 0 saturated heterocycles. The Hall–Kier alpha value is -0.0400. The van der Waals surface area contributed by atoms with Crippen molar-refractivity contribution in [2.75, 3.05) is 14.2 Å². The fourth-order valence-corrected chi connectivity index (χ4v) is 2.74. The first kappa shape index (κ1) is 13.0. The third-order valence-corrected chi connectivity index (χ3v) is 6.48. The number of allylic oxidation sites excluding steroid dienone is 1. The normalized spacial score (nSPS) is 31.2. The largest absolute Gasteiger partial charge is 0.497 e.